The molecule has 0 radical (unpaired) electrons. The first-order valence-electron chi connectivity index (χ1n) is 9.17. The first-order chi connectivity index (χ1) is 13.8. The van der Waals surface area contributed by atoms with Gasteiger partial charge in [-0.3, -0.25) is 4.79 Å². The van der Waals surface area contributed by atoms with Crippen LogP contribution in [-0.4, -0.2) is 36.8 Å². The lowest BCUT2D eigenvalue weighted by Crippen LogP contribution is -2.27. The second-order valence-corrected chi connectivity index (χ2v) is 7.05. The molecule has 1 fully saturated rings. The molecule has 0 spiro atoms. The smallest absolute Gasteiger partial charge is 0.416 e. The highest BCUT2D eigenvalue weighted by molar-refractivity contribution is 6.32. The first kappa shape index (κ1) is 21.4. The van der Waals surface area contributed by atoms with Crippen LogP contribution in [0.5, 0.6) is 5.88 Å². The number of carbonyl (C=O) groups is 1. The Morgan fingerprint density at radius 2 is 1.93 bits per heavy atom. The van der Waals surface area contributed by atoms with E-state index in [-0.39, 0.29) is 35.0 Å². The Morgan fingerprint density at radius 1 is 1.24 bits per heavy atom. The molecule has 1 aliphatic rings. The summed E-state index contributed by atoms with van der Waals surface area (Å²) in [4.78, 5) is 16.4. The van der Waals surface area contributed by atoms with Gasteiger partial charge in [-0.05, 0) is 30.2 Å². The molecule has 0 saturated carbocycles. The summed E-state index contributed by atoms with van der Waals surface area (Å²) in [6.45, 7) is 1.52. The predicted octanol–water partition coefficient (Wildman–Crippen LogP) is 4.28. The van der Waals surface area contributed by atoms with Gasteiger partial charge in [0.25, 0.3) is 5.91 Å². The molecule has 1 aromatic heterocycles. The van der Waals surface area contributed by atoms with Crippen LogP contribution >= 0.6 is 11.6 Å². The average molecular weight is 429 g/mol. The fraction of sp³-hybridized carbons (Fsp3) is 0.400. The maximum absolute atomic E-state index is 12.6. The van der Waals surface area contributed by atoms with Gasteiger partial charge in [0, 0.05) is 25.6 Å². The molecule has 0 bridgehead atoms. The van der Waals surface area contributed by atoms with Crippen molar-refractivity contribution in [1.82, 2.24) is 10.3 Å². The van der Waals surface area contributed by atoms with Gasteiger partial charge in [0.1, 0.15) is 11.1 Å². The topological polar surface area (TPSA) is 60.5 Å². The van der Waals surface area contributed by atoms with Crippen LogP contribution in [0.15, 0.2) is 36.5 Å². The molecule has 156 valence electrons. The average Bonchev–Trinajstić information content (AvgIpc) is 2.70. The number of amides is 1. The second kappa shape index (κ2) is 9.45. The largest absolute Gasteiger partial charge is 0.473 e. The molecule has 1 aromatic carbocycles. The number of nitrogens with one attached hydrogen (secondary N) is 1. The molecule has 1 saturated heterocycles. The number of benzene rings is 1. The van der Waals surface area contributed by atoms with Gasteiger partial charge >= 0.3 is 6.18 Å². The van der Waals surface area contributed by atoms with Gasteiger partial charge in [-0.25, -0.2) is 4.98 Å². The van der Waals surface area contributed by atoms with Crippen molar-refractivity contribution in [3.8, 4) is 5.88 Å². The van der Waals surface area contributed by atoms with Crippen LogP contribution in [0.25, 0.3) is 0 Å². The third-order valence-corrected chi connectivity index (χ3v) is 4.77. The van der Waals surface area contributed by atoms with Crippen molar-refractivity contribution in [2.75, 3.05) is 19.8 Å². The quantitative estimate of drug-likeness (QED) is 0.746. The van der Waals surface area contributed by atoms with Crippen LogP contribution in [0.4, 0.5) is 13.2 Å². The van der Waals surface area contributed by atoms with Crippen molar-refractivity contribution < 1.29 is 27.4 Å². The lowest BCUT2D eigenvalue weighted by atomic mass is 10.1. The lowest BCUT2D eigenvalue weighted by molar-refractivity contribution is -0.137. The minimum atomic E-state index is -4.36. The molecular weight excluding hydrogens is 409 g/mol. The van der Waals surface area contributed by atoms with E-state index in [0.717, 1.165) is 25.0 Å². The maximum atomic E-state index is 12.6. The van der Waals surface area contributed by atoms with Gasteiger partial charge in [-0.2, -0.15) is 13.2 Å². The SMILES string of the molecule is O=C(NCCc1ccc(C(F)(F)F)cc1)c1cnc(OC2CCOCC2)c(Cl)c1. The number of carbonyl (C=O) groups excluding carboxylic acids is 1. The van der Waals surface area contributed by atoms with E-state index in [0.29, 0.717) is 25.2 Å². The monoisotopic (exact) mass is 428 g/mol. The van der Waals surface area contributed by atoms with Crippen molar-refractivity contribution >= 4 is 17.5 Å². The number of ether oxygens (including phenoxy) is 2. The van der Waals surface area contributed by atoms with Gasteiger partial charge in [0.15, 0.2) is 0 Å². The molecule has 2 aromatic rings. The molecule has 29 heavy (non-hydrogen) atoms. The molecule has 2 heterocycles. The van der Waals surface area contributed by atoms with Crippen LogP contribution in [0.3, 0.4) is 0 Å². The number of pyridine rings is 1. The fourth-order valence-corrected chi connectivity index (χ4v) is 3.08. The summed E-state index contributed by atoms with van der Waals surface area (Å²) in [6, 6.07) is 6.33. The molecule has 0 aliphatic carbocycles. The number of halogens is 4. The van der Waals surface area contributed by atoms with E-state index in [1.165, 1.54) is 24.4 Å². The van der Waals surface area contributed by atoms with Gasteiger partial charge in [-0.1, -0.05) is 23.7 Å². The van der Waals surface area contributed by atoms with Crippen molar-refractivity contribution in [2.24, 2.45) is 0 Å². The highest BCUT2D eigenvalue weighted by atomic mass is 35.5. The molecule has 1 aliphatic heterocycles. The summed E-state index contributed by atoms with van der Waals surface area (Å²) in [5, 5.41) is 2.95. The Morgan fingerprint density at radius 3 is 2.55 bits per heavy atom. The number of alkyl halides is 3. The van der Waals surface area contributed by atoms with Crippen LogP contribution in [0.2, 0.25) is 5.02 Å². The van der Waals surface area contributed by atoms with E-state index in [9.17, 15) is 18.0 Å². The summed E-state index contributed by atoms with van der Waals surface area (Å²) < 4.78 is 48.7. The van der Waals surface area contributed by atoms with Crippen molar-refractivity contribution in [3.05, 3.63) is 58.2 Å². The van der Waals surface area contributed by atoms with E-state index in [1.54, 1.807) is 0 Å². The Bertz CT molecular complexity index is 838. The summed E-state index contributed by atoms with van der Waals surface area (Å²) in [5.74, 6) is -0.0937. The van der Waals surface area contributed by atoms with Crippen molar-refractivity contribution in [3.63, 3.8) is 0 Å². The van der Waals surface area contributed by atoms with E-state index in [4.69, 9.17) is 21.1 Å². The van der Waals surface area contributed by atoms with Gasteiger partial charge < -0.3 is 14.8 Å². The fourth-order valence-electron chi connectivity index (χ4n) is 2.87. The summed E-state index contributed by atoms with van der Waals surface area (Å²) >= 11 is 6.18. The Kier molecular flexibility index (Phi) is 6.97. The number of aromatic nitrogens is 1. The van der Waals surface area contributed by atoms with Crippen molar-refractivity contribution in [1.29, 1.82) is 0 Å². The molecule has 3 rings (SSSR count). The first-order valence-corrected chi connectivity index (χ1v) is 9.55. The van der Waals surface area contributed by atoms with E-state index < -0.39 is 11.7 Å². The second-order valence-electron chi connectivity index (χ2n) is 6.64. The van der Waals surface area contributed by atoms with Crippen LogP contribution < -0.4 is 10.1 Å². The molecule has 5 nitrogen and oxygen atoms in total. The molecule has 1 amide bonds. The minimum Gasteiger partial charge on any atom is -0.473 e. The molecule has 1 N–H and O–H groups in total. The molecule has 0 unspecified atom stereocenters. The Labute approximate surface area is 171 Å². The molecule has 0 atom stereocenters. The van der Waals surface area contributed by atoms with Crippen molar-refractivity contribution in [2.45, 2.75) is 31.5 Å². The van der Waals surface area contributed by atoms with E-state index in [1.807, 2.05) is 0 Å². The number of hydrogen-bond donors (Lipinski definition) is 1. The normalized spacial score (nSPS) is 15.2. The summed E-state index contributed by atoms with van der Waals surface area (Å²) in [7, 11) is 0. The van der Waals surface area contributed by atoms with Crippen LogP contribution in [0, 0.1) is 0 Å². The molecule has 9 heteroatoms. The minimum absolute atomic E-state index is 0.0165. The maximum Gasteiger partial charge on any atom is 0.416 e. The van der Waals surface area contributed by atoms with Gasteiger partial charge in [0.05, 0.1) is 24.3 Å². The Hall–Kier alpha value is -2.32. The number of nitrogens with zero attached hydrogens (tertiary/aromatic N) is 1. The van der Waals surface area contributed by atoms with E-state index in [2.05, 4.69) is 10.3 Å². The zero-order valence-corrected chi connectivity index (χ0v) is 16.2. The third-order valence-electron chi connectivity index (χ3n) is 4.50. The van der Waals surface area contributed by atoms with E-state index >= 15 is 0 Å². The lowest BCUT2D eigenvalue weighted by Gasteiger charge is -2.23. The summed E-state index contributed by atoms with van der Waals surface area (Å²) in [6.07, 6.45) is -1.09. The summed E-state index contributed by atoms with van der Waals surface area (Å²) in [5.41, 5.74) is 0.269. The number of rotatable bonds is 6. The third kappa shape index (κ3) is 6.08. The highest BCUT2D eigenvalue weighted by Gasteiger charge is 2.29. The van der Waals surface area contributed by atoms with Crippen LogP contribution in [-0.2, 0) is 17.3 Å². The van der Waals surface area contributed by atoms with Gasteiger partial charge in [0.2, 0.25) is 5.88 Å². The zero-order valence-electron chi connectivity index (χ0n) is 15.5. The standard InChI is InChI=1S/C20H20ClF3N2O3/c21-17-11-14(12-26-19(17)29-16-6-9-28-10-7-16)18(27)25-8-5-13-1-3-15(4-2-13)20(22,23)24/h1-4,11-12,16H,5-10H2,(H,25,27). The van der Waals surface area contributed by atoms with Gasteiger partial charge in [-0.15, -0.1) is 0 Å². The predicted molar refractivity (Wildman–Crippen MR) is 101 cm³/mol. The Balaban J connectivity index is 1.50. The number of hydrogen-bond acceptors (Lipinski definition) is 4. The molecular formula is C20H20ClF3N2O3. The zero-order chi connectivity index (χ0) is 20.9. The highest BCUT2D eigenvalue weighted by Crippen LogP contribution is 2.29. The van der Waals surface area contributed by atoms with Crippen LogP contribution in [0.1, 0.15) is 34.3 Å².